The maximum absolute atomic E-state index is 12.2. The van der Waals surface area contributed by atoms with E-state index in [1.54, 1.807) is 12.3 Å². The highest BCUT2D eigenvalue weighted by Crippen LogP contribution is 2.11. The second-order valence-electron chi connectivity index (χ2n) is 5.78. The van der Waals surface area contributed by atoms with Crippen molar-refractivity contribution >= 4 is 11.8 Å². The van der Waals surface area contributed by atoms with E-state index in [2.05, 4.69) is 20.6 Å². The average molecular weight is 340 g/mol. The number of aromatic nitrogens is 2. The Bertz CT molecular complexity index is 730. The molecule has 2 aromatic heterocycles. The lowest BCUT2D eigenvalue weighted by Gasteiger charge is -2.11. The molecule has 1 saturated heterocycles. The van der Waals surface area contributed by atoms with Crippen molar-refractivity contribution in [3.8, 4) is 0 Å². The van der Waals surface area contributed by atoms with Crippen LogP contribution in [0.15, 0.2) is 42.7 Å². The summed E-state index contributed by atoms with van der Waals surface area (Å²) in [7, 11) is 0. The van der Waals surface area contributed by atoms with E-state index in [1.165, 1.54) is 12.3 Å². The summed E-state index contributed by atoms with van der Waals surface area (Å²) in [4.78, 5) is 32.6. The van der Waals surface area contributed by atoms with Crippen molar-refractivity contribution in [2.75, 3.05) is 13.2 Å². The number of rotatable bonds is 6. The third-order valence-corrected chi connectivity index (χ3v) is 3.93. The van der Waals surface area contributed by atoms with Crippen molar-refractivity contribution in [3.63, 3.8) is 0 Å². The minimum atomic E-state index is -0.310. The van der Waals surface area contributed by atoms with Crippen LogP contribution < -0.4 is 10.6 Å². The Morgan fingerprint density at radius 3 is 2.80 bits per heavy atom. The number of nitrogens with one attached hydrogen (secondary N) is 2. The first kappa shape index (κ1) is 17.0. The van der Waals surface area contributed by atoms with Gasteiger partial charge in [0.15, 0.2) is 0 Å². The zero-order valence-corrected chi connectivity index (χ0v) is 13.8. The third-order valence-electron chi connectivity index (χ3n) is 3.93. The highest BCUT2D eigenvalue weighted by molar-refractivity contribution is 5.98. The van der Waals surface area contributed by atoms with E-state index < -0.39 is 0 Å². The Hall–Kier alpha value is -2.80. The van der Waals surface area contributed by atoms with Gasteiger partial charge in [-0.1, -0.05) is 6.07 Å². The quantitative estimate of drug-likeness (QED) is 0.827. The molecule has 1 aliphatic rings. The zero-order chi connectivity index (χ0) is 17.5. The largest absolute Gasteiger partial charge is 0.376 e. The molecule has 1 fully saturated rings. The van der Waals surface area contributed by atoms with Crippen molar-refractivity contribution < 1.29 is 14.3 Å². The molecule has 3 rings (SSSR count). The normalized spacial score (nSPS) is 16.4. The lowest BCUT2D eigenvalue weighted by molar-refractivity contribution is 0.0853. The molecule has 0 aromatic carbocycles. The molecule has 1 unspecified atom stereocenters. The number of hydrogen-bond donors (Lipinski definition) is 2. The smallest absolute Gasteiger partial charge is 0.269 e. The van der Waals surface area contributed by atoms with Gasteiger partial charge in [0, 0.05) is 31.1 Å². The van der Waals surface area contributed by atoms with E-state index in [0.29, 0.717) is 18.7 Å². The van der Waals surface area contributed by atoms with Crippen molar-refractivity contribution in [2.45, 2.75) is 25.5 Å². The summed E-state index contributed by atoms with van der Waals surface area (Å²) in [5.41, 5.74) is 1.36. The van der Waals surface area contributed by atoms with E-state index in [-0.39, 0.29) is 23.6 Å². The molecule has 2 aromatic rings. The van der Waals surface area contributed by atoms with Crippen LogP contribution in [0.5, 0.6) is 0 Å². The summed E-state index contributed by atoms with van der Waals surface area (Å²) in [6.07, 6.45) is 5.16. The Morgan fingerprint density at radius 1 is 1.12 bits per heavy atom. The van der Waals surface area contributed by atoms with Gasteiger partial charge in [-0.25, -0.2) is 0 Å². The van der Waals surface area contributed by atoms with Crippen LogP contribution in [0.4, 0.5) is 0 Å². The van der Waals surface area contributed by atoms with Crippen molar-refractivity contribution in [3.05, 3.63) is 59.7 Å². The highest BCUT2D eigenvalue weighted by atomic mass is 16.5. The van der Waals surface area contributed by atoms with Crippen LogP contribution in [-0.2, 0) is 11.3 Å². The van der Waals surface area contributed by atoms with Gasteiger partial charge in [-0.2, -0.15) is 0 Å². The predicted molar refractivity (Wildman–Crippen MR) is 91.0 cm³/mol. The van der Waals surface area contributed by atoms with Crippen LogP contribution >= 0.6 is 0 Å². The molecule has 0 aliphatic carbocycles. The fourth-order valence-corrected chi connectivity index (χ4v) is 2.57. The van der Waals surface area contributed by atoms with Crippen molar-refractivity contribution in [1.29, 1.82) is 0 Å². The Morgan fingerprint density at radius 2 is 2.04 bits per heavy atom. The first-order valence-electron chi connectivity index (χ1n) is 8.26. The van der Waals surface area contributed by atoms with E-state index >= 15 is 0 Å². The van der Waals surface area contributed by atoms with Gasteiger partial charge in [0.2, 0.25) is 0 Å². The van der Waals surface area contributed by atoms with E-state index in [0.717, 1.165) is 25.1 Å². The molecular weight excluding hydrogens is 320 g/mol. The SMILES string of the molecule is O=C(NCc1ccccn1)c1ccnc(C(=O)NCC2CCCO2)c1. The molecule has 0 bridgehead atoms. The van der Waals surface area contributed by atoms with Gasteiger partial charge >= 0.3 is 0 Å². The monoisotopic (exact) mass is 340 g/mol. The van der Waals surface area contributed by atoms with Crippen LogP contribution in [0.3, 0.4) is 0 Å². The van der Waals surface area contributed by atoms with Gasteiger partial charge in [-0.3, -0.25) is 19.6 Å². The molecule has 25 heavy (non-hydrogen) atoms. The molecular formula is C18H20N4O3. The molecule has 0 spiro atoms. The molecule has 1 atom stereocenters. The Kier molecular flexibility index (Phi) is 5.69. The highest BCUT2D eigenvalue weighted by Gasteiger charge is 2.17. The predicted octanol–water partition coefficient (Wildman–Crippen LogP) is 1.32. The van der Waals surface area contributed by atoms with Crippen LogP contribution in [0.1, 0.15) is 39.4 Å². The topological polar surface area (TPSA) is 93.2 Å². The summed E-state index contributed by atoms with van der Waals surface area (Å²) < 4.78 is 5.47. The van der Waals surface area contributed by atoms with Crippen molar-refractivity contribution in [2.24, 2.45) is 0 Å². The van der Waals surface area contributed by atoms with Gasteiger partial charge in [-0.05, 0) is 37.1 Å². The summed E-state index contributed by atoms with van der Waals surface area (Å²) >= 11 is 0. The summed E-state index contributed by atoms with van der Waals surface area (Å²) in [5, 5.41) is 5.57. The maximum atomic E-state index is 12.2. The molecule has 7 nitrogen and oxygen atoms in total. The molecule has 2 amide bonds. The standard InChI is InChI=1S/C18H20N4O3/c23-17(21-11-14-4-1-2-7-19-14)13-6-8-20-16(10-13)18(24)22-12-15-5-3-9-25-15/h1-2,4,6-8,10,15H,3,5,9,11-12H2,(H,21,23)(H,22,24). The van der Waals surface area contributed by atoms with Crippen LogP contribution in [0.25, 0.3) is 0 Å². The second kappa shape index (κ2) is 8.34. The zero-order valence-electron chi connectivity index (χ0n) is 13.8. The fourth-order valence-electron chi connectivity index (χ4n) is 2.57. The molecule has 1 aliphatic heterocycles. The first-order chi connectivity index (χ1) is 12.2. The van der Waals surface area contributed by atoms with E-state index in [9.17, 15) is 9.59 Å². The Balaban J connectivity index is 1.56. The van der Waals surface area contributed by atoms with E-state index in [1.807, 2.05) is 18.2 Å². The number of pyridine rings is 2. The number of amides is 2. The molecule has 7 heteroatoms. The lowest BCUT2D eigenvalue weighted by atomic mass is 10.2. The minimum absolute atomic E-state index is 0.0637. The summed E-state index contributed by atoms with van der Waals surface area (Å²) in [6.45, 7) is 1.52. The fraction of sp³-hybridized carbons (Fsp3) is 0.333. The van der Waals surface area contributed by atoms with Gasteiger partial charge in [0.1, 0.15) is 5.69 Å². The van der Waals surface area contributed by atoms with E-state index in [4.69, 9.17) is 4.74 Å². The average Bonchev–Trinajstić information content (AvgIpc) is 3.18. The lowest BCUT2D eigenvalue weighted by Crippen LogP contribution is -2.32. The minimum Gasteiger partial charge on any atom is -0.376 e. The first-order valence-corrected chi connectivity index (χ1v) is 8.26. The molecule has 3 heterocycles. The van der Waals surface area contributed by atoms with Crippen LogP contribution in [0.2, 0.25) is 0 Å². The number of carbonyl (C=O) groups excluding carboxylic acids is 2. The summed E-state index contributed by atoms with van der Waals surface area (Å²) in [5.74, 6) is -0.587. The van der Waals surface area contributed by atoms with Gasteiger partial charge < -0.3 is 15.4 Å². The molecule has 0 saturated carbocycles. The Labute approximate surface area is 145 Å². The summed E-state index contributed by atoms with van der Waals surface area (Å²) in [6, 6.07) is 8.56. The van der Waals surface area contributed by atoms with Gasteiger partial charge in [-0.15, -0.1) is 0 Å². The number of nitrogens with zero attached hydrogens (tertiary/aromatic N) is 2. The molecule has 2 N–H and O–H groups in total. The number of hydrogen-bond acceptors (Lipinski definition) is 5. The number of carbonyl (C=O) groups is 2. The van der Waals surface area contributed by atoms with Gasteiger partial charge in [0.05, 0.1) is 18.3 Å². The maximum Gasteiger partial charge on any atom is 0.269 e. The van der Waals surface area contributed by atoms with Crippen LogP contribution in [0, 0.1) is 0 Å². The van der Waals surface area contributed by atoms with Crippen molar-refractivity contribution in [1.82, 2.24) is 20.6 Å². The molecule has 130 valence electrons. The van der Waals surface area contributed by atoms with Gasteiger partial charge in [0.25, 0.3) is 11.8 Å². The second-order valence-corrected chi connectivity index (χ2v) is 5.78. The van der Waals surface area contributed by atoms with Crippen LogP contribution in [-0.4, -0.2) is 41.0 Å². The third kappa shape index (κ3) is 4.84. The molecule has 0 radical (unpaired) electrons. The number of ether oxygens (including phenoxy) is 1.